The van der Waals surface area contributed by atoms with Crippen molar-refractivity contribution < 1.29 is 13.2 Å². The average molecular weight is 316 g/mol. The van der Waals surface area contributed by atoms with Crippen molar-refractivity contribution in [1.82, 2.24) is 0 Å². The van der Waals surface area contributed by atoms with Crippen molar-refractivity contribution >= 4 is 15.9 Å². The second kappa shape index (κ2) is 5.12. The summed E-state index contributed by atoms with van der Waals surface area (Å²) in [6.07, 6.45) is 0. The first-order valence-corrected chi connectivity index (χ1v) is 5.94. The van der Waals surface area contributed by atoms with E-state index in [1.165, 1.54) is 0 Å². The molecule has 0 radical (unpaired) electrons. The first-order valence-electron chi connectivity index (χ1n) is 5.15. The second-order valence-electron chi connectivity index (χ2n) is 3.79. The second-order valence-corrected chi connectivity index (χ2v) is 4.71. The van der Waals surface area contributed by atoms with Crippen LogP contribution in [0.15, 0.2) is 40.9 Å². The fraction of sp³-hybridized carbons (Fsp3) is 0.0769. The maximum Gasteiger partial charge on any atom is 0.194 e. The molecule has 0 amide bonds. The minimum Gasteiger partial charge on any atom is -0.320 e. The van der Waals surface area contributed by atoms with Gasteiger partial charge in [0, 0.05) is 10.0 Å². The van der Waals surface area contributed by atoms with Crippen LogP contribution in [-0.2, 0) is 0 Å². The largest absolute Gasteiger partial charge is 0.320 e. The van der Waals surface area contributed by atoms with Crippen LogP contribution in [0.2, 0.25) is 0 Å². The Kier molecular flexibility index (Phi) is 3.73. The molecule has 0 aliphatic rings. The van der Waals surface area contributed by atoms with Crippen molar-refractivity contribution in [1.29, 1.82) is 0 Å². The lowest BCUT2D eigenvalue weighted by molar-refractivity contribution is 0.438. The van der Waals surface area contributed by atoms with Crippen LogP contribution in [0.25, 0.3) is 0 Å². The van der Waals surface area contributed by atoms with E-state index in [9.17, 15) is 13.2 Å². The van der Waals surface area contributed by atoms with E-state index < -0.39 is 23.5 Å². The highest BCUT2D eigenvalue weighted by Gasteiger charge is 2.19. The Labute approximate surface area is 111 Å². The van der Waals surface area contributed by atoms with Gasteiger partial charge in [-0.05, 0) is 23.8 Å². The molecule has 94 valence electrons. The summed E-state index contributed by atoms with van der Waals surface area (Å²) in [5.74, 6) is -3.97. The molecule has 0 bridgehead atoms. The molecule has 1 unspecified atom stereocenters. The van der Waals surface area contributed by atoms with Gasteiger partial charge in [0.25, 0.3) is 0 Å². The molecule has 0 spiro atoms. The predicted molar refractivity (Wildman–Crippen MR) is 66.5 cm³/mol. The number of halogens is 4. The van der Waals surface area contributed by atoms with E-state index in [0.29, 0.717) is 5.56 Å². The third-order valence-corrected chi connectivity index (χ3v) is 3.16. The average Bonchev–Trinajstić information content (AvgIpc) is 2.36. The number of rotatable bonds is 2. The Hall–Kier alpha value is -1.33. The van der Waals surface area contributed by atoms with E-state index in [1.807, 2.05) is 0 Å². The molecular weight excluding hydrogens is 307 g/mol. The lowest BCUT2D eigenvalue weighted by atomic mass is 9.99. The van der Waals surface area contributed by atoms with Gasteiger partial charge in [-0.3, -0.25) is 0 Å². The van der Waals surface area contributed by atoms with Crippen molar-refractivity contribution in [3.05, 3.63) is 69.4 Å². The maximum atomic E-state index is 13.6. The standard InChI is InChI=1S/C13H9BrF3N/c14-8-3-1-7(2-4-8)13(18)9-5-6-10(15)12(17)11(9)16/h1-6,13H,18H2. The third-order valence-electron chi connectivity index (χ3n) is 2.63. The Morgan fingerprint density at radius 3 is 2.11 bits per heavy atom. The first-order chi connectivity index (χ1) is 8.50. The number of benzene rings is 2. The molecule has 0 saturated heterocycles. The molecule has 2 rings (SSSR count). The van der Waals surface area contributed by atoms with Crippen LogP contribution in [-0.4, -0.2) is 0 Å². The lowest BCUT2D eigenvalue weighted by Crippen LogP contribution is -2.14. The third kappa shape index (κ3) is 2.42. The van der Waals surface area contributed by atoms with Crippen molar-refractivity contribution in [3.8, 4) is 0 Å². The van der Waals surface area contributed by atoms with Crippen molar-refractivity contribution in [3.63, 3.8) is 0 Å². The van der Waals surface area contributed by atoms with Crippen molar-refractivity contribution in [2.24, 2.45) is 5.73 Å². The van der Waals surface area contributed by atoms with Gasteiger partial charge >= 0.3 is 0 Å². The fourth-order valence-corrected chi connectivity index (χ4v) is 1.90. The SMILES string of the molecule is NC(c1ccc(Br)cc1)c1ccc(F)c(F)c1F. The lowest BCUT2D eigenvalue weighted by Gasteiger charge is -2.14. The molecule has 2 N–H and O–H groups in total. The van der Waals surface area contributed by atoms with Crippen molar-refractivity contribution in [2.75, 3.05) is 0 Å². The van der Waals surface area contributed by atoms with Crippen LogP contribution in [0.5, 0.6) is 0 Å². The molecule has 0 aliphatic carbocycles. The highest BCUT2D eigenvalue weighted by Crippen LogP contribution is 2.25. The molecule has 18 heavy (non-hydrogen) atoms. The van der Waals surface area contributed by atoms with E-state index in [-0.39, 0.29) is 5.56 Å². The summed E-state index contributed by atoms with van der Waals surface area (Å²) in [7, 11) is 0. The Balaban J connectivity index is 2.43. The van der Waals surface area contributed by atoms with Gasteiger partial charge in [-0.1, -0.05) is 34.1 Å². The molecule has 2 aromatic rings. The molecule has 0 fully saturated rings. The van der Waals surface area contributed by atoms with Crippen LogP contribution in [0.3, 0.4) is 0 Å². The Bertz CT molecular complexity index is 569. The van der Waals surface area contributed by atoms with E-state index in [0.717, 1.165) is 16.6 Å². The molecule has 5 heteroatoms. The molecule has 0 heterocycles. The summed E-state index contributed by atoms with van der Waals surface area (Å²) >= 11 is 3.26. The molecular formula is C13H9BrF3N. The van der Waals surface area contributed by atoms with Crippen LogP contribution in [0.1, 0.15) is 17.2 Å². The van der Waals surface area contributed by atoms with E-state index in [4.69, 9.17) is 5.73 Å². The van der Waals surface area contributed by atoms with Crippen LogP contribution >= 0.6 is 15.9 Å². The molecule has 2 aromatic carbocycles. The van der Waals surface area contributed by atoms with E-state index in [2.05, 4.69) is 15.9 Å². The number of nitrogens with two attached hydrogens (primary N) is 1. The zero-order valence-corrected chi connectivity index (χ0v) is 10.7. The summed E-state index contributed by atoms with van der Waals surface area (Å²) in [6, 6.07) is 8.05. The first kappa shape index (κ1) is 13.1. The Morgan fingerprint density at radius 2 is 1.50 bits per heavy atom. The van der Waals surface area contributed by atoms with Gasteiger partial charge in [0.2, 0.25) is 0 Å². The summed E-state index contributed by atoms with van der Waals surface area (Å²) in [5, 5.41) is 0. The summed E-state index contributed by atoms with van der Waals surface area (Å²) in [6.45, 7) is 0. The predicted octanol–water partition coefficient (Wildman–Crippen LogP) is 3.91. The van der Waals surface area contributed by atoms with Gasteiger partial charge in [-0.15, -0.1) is 0 Å². The summed E-state index contributed by atoms with van der Waals surface area (Å²) < 4.78 is 40.4. The zero-order valence-electron chi connectivity index (χ0n) is 9.13. The van der Waals surface area contributed by atoms with Gasteiger partial charge in [0.1, 0.15) is 0 Å². The fourth-order valence-electron chi connectivity index (χ4n) is 1.63. The normalized spacial score (nSPS) is 12.5. The van der Waals surface area contributed by atoms with Crippen LogP contribution < -0.4 is 5.73 Å². The highest BCUT2D eigenvalue weighted by molar-refractivity contribution is 9.10. The molecule has 0 aromatic heterocycles. The number of hydrogen-bond donors (Lipinski definition) is 1. The quantitative estimate of drug-likeness (QED) is 0.835. The maximum absolute atomic E-state index is 13.6. The van der Waals surface area contributed by atoms with Gasteiger partial charge < -0.3 is 5.73 Å². The molecule has 0 saturated carbocycles. The van der Waals surface area contributed by atoms with Crippen molar-refractivity contribution in [2.45, 2.75) is 6.04 Å². The zero-order chi connectivity index (χ0) is 13.3. The monoisotopic (exact) mass is 315 g/mol. The van der Waals surface area contributed by atoms with Crippen LogP contribution in [0.4, 0.5) is 13.2 Å². The van der Waals surface area contributed by atoms with E-state index in [1.54, 1.807) is 24.3 Å². The van der Waals surface area contributed by atoms with Gasteiger partial charge in [0.15, 0.2) is 17.5 Å². The minimum absolute atomic E-state index is 0.0729. The van der Waals surface area contributed by atoms with Gasteiger partial charge in [-0.25, -0.2) is 13.2 Å². The molecule has 1 nitrogen and oxygen atoms in total. The molecule has 1 atom stereocenters. The minimum atomic E-state index is -1.50. The van der Waals surface area contributed by atoms with Crippen LogP contribution in [0, 0.1) is 17.5 Å². The number of hydrogen-bond acceptors (Lipinski definition) is 1. The van der Waals surface area contributed by atoms with Gasteiger partial charge in [-0.2, -0.15) is 0 Å². The summed E-state index contributed by atoms with van der Waals surface area (Å²) in [5.41, 5.74) is 6.38. The smallest absolute Gasteiger partial charge is 0.194 e. The topological polar surface area (TPSA) is 26.0 Å². The van der Waals surface area contributed by atoms with Gasteiger partial charge in [0.05, 0.1) is 6.04 Å². The Morgan fingerprint density at radius 1 is 0.889 bits per heavy atom. The van der Waals surface area contributed by atoms with E-state index >= 15 is 0 Å². The molecule has 0 aliphatic heterocycles. The highest BCUT2D eigenvalue weighted by atomic mass is 79.9. The summed E-state index contributed by atoms with van der Waals surface area (Å²) in [4.78, 5) is 0.